The van der Waals surface area contributed by atoms with E-state index >= 15 is 0 Å². The number of ether oxygens (including phenoxy) is 3. The van der Waals surface area contributed by atoms with E-state index in [0.29, 0.717) is 30.5 Å². The van der Waals surface area contributed by atoms with E-state index in [2.05, 4.69) is 10.5 Å². The van der Waals surface area contributed by atoms with Gasteiger partial charge in [0.25, 0.3) is 0 Å². The van der Waals surface area contributed by atoms with Gasteiger partial charge in [-0.05, 0) is 41.0 Å². The highest BCUT2D eigenvalue weighted by atomic mass is 16.5. The van der Waals surface area contributed by atoms with Crippen LogP contribution in [-0.2, 0) is 24.4 Å². The zero-order chi connectivity index (χ0) is 25.0. The van der Waals surface area contributed by atoms with E-state index in [-0.39, 0.29) is 12.3 Å². The molecule has 4 aromatic carbocycles. The van der Waals surface area contributed by atoms with Crippen molar-refractivity contribution in [2.24, 2.45) is 5.10 Å². The van der Waals surface area contributed by atoms with E-state index in [1.165, 1.54) is 0 Å². The largest absolute Gasteiger partial charge is 0.493 e. The summed E-state index contributed by atoms with van der Waals surface area (Å²) >= 11 is 0. The first-order valence-corrected chi connectivity index (χ1v) is 11.6. The number of benzene rings is 4. The number of para-hydroxylation sites is 1. The second-order valence-electron chi connectivity index (χ2n) is 8.04. The van der Waals surface area contributed by atoms with Crippen LogP contribution < -0.4 is 19.6 Å². The molecule has 4 rings (SSSR count). The Morgan fingerprint density at radius 3 is 2.11 bits per heavy atom. The van der Waals surface area contributed by atoms with Gasteiger partial charge in [-0.2, -0.15) is 5.10 Å². The van der Waals surface area contributed by atoms with Crippen molar-refractivity contribution in [2.75, 3.05) is 7.11 Å². The number of rotatable bonds is 11. The third-order valence-electron chi connectivity index (χ3n) is 5.38. The molecule has 36 heavy (non-hydrogen) atoms. The fourth-order valence-corrected chi connectivity index (χ4v) is 3.53. The molecule has 0 fully saturated rings. The van der Waals surface area contributed by atoms with Gasteiger partial charge in [-0.3, -0.25) is 4.79 Å². The second kappa shape index (κ2) is 12.8. The van der Waals surface area contributed by atoms with Crippen molar-refractivity contribution in [3.05, 3.63) is 125 Å². The van der Waals surface area contributed by atoms with Crippen LogP contribution in [0.4, 0.5) is 0 Å². The Bertz CT molecular complexity index is 1290. The molecular weight excluding hydrogens is 452 g/mol. The summed E-state index contributed by atoms with van der Waals surface area (Å²) in [5.74, 6) is 1.78. The predicted molar refractivity (Wildman–Crippen MR) is 140 cm³/mol. The van der Waals surface area contributed by atoms with Gasteiger partial charge >= 0.3 is 0 Å². The number of carbonyl (C=O) groups excluding carboxylic acids is 1. The van der Waals surface area contributed by atoms with Crippen molar-refractivity contribution >= 4 is 12.1 Å². The molecule has 0 unspecified atom stereocenters. The first-order valence-electron chi connectivity index (χ1n) is 11.6. The van der Waals surface area contributed by atoms with Crippen molar-refractivity contribution in [2.45, 2.75) is 19.6 Å². The molecule has 0 aromatic heterocycles. The Hall–Kier alpha value is -4.58. The first kappa shape index (κ1) is 24.5. The molecule has 1 N–H and O–H groups in total. The van der Waals surface area contributed by atoms with Gasteiger partial charge in [-0.1, -0.05) is 78.9 Å². The number of hydrogen-bond acceptors (Lipinski definition) is 5. The molecule has 182 valence electrons. The predicted octanol–water partition coefficient (Wildman–Crippen LogP) is 5.55. The molecular formula is C30H28N2O4. The highest BCUT2D eigenvalue weighted by Crippen LogP contribution is 2.29. The SMILES string of the molecule is COc1cc(COc2ccccc2/C=N/NC(=O)Cc2ccccc2)ccc1OCc1ccccc1. The lowest BCUT2D eigenvalue weighted by atomic mass is 10.1. The lowest BCUT2D eigenvalue weighted by molar-refractivity contribution is -0.120. The topological polar surface area (TPSA) is 69.2 Å². The van der Waals surface area contributed by atoms with Gasteiger partial charge in [0, 0.05) is 5.56 Å². The smallest absolute Gasteiger partial charge is 0.244 e. The minimum absolute atomic E-state index is 0.183. The molecule has 0 atom stereocenters. The number of nitrogens with one attached hydrogen (secondary N) is 1. The molecule has 0 aliphatic rings. The first-order chi connectivity index (χ1) is 17.7. The number of amides is 1. The van der Waals surface area contributed by atoms with E-state index in [0.717, 1.165) is 22.3 Å². The summed E-state index contributed by atoms with van der Waals surface area (Å²) in [6, 6.07) is 32.8. The van der Waals surface area contributed by atoms with Crippen LogP contribution in [0.1, 0.15) is 22.3 Å². The Kier molecular flexibility index (Phi) is 8.70. The van der Waals surface area contributed by atoms with Crippen LogP contribution >= 0.6 is 0 Å². The van der Waals surface area contributed by atoms with Gasteiger partial charge < -0.3 is 14.2 Å². The standard InChI is InChI=1S/C30H28N2O4/c1-34-29-18-25(16-17-28(29)36-21-24-12-6-3-7-13-24)22-35-27-15-9-8-14-26(27)20-31-32-30(33)19-23-10-4-2-5-11-23/h2-18,20H,19,21-22H2,1H3,(H,32,33)/b31-20+. The molecule has 0 saturated carbocycles. The Balaban J connectivity index is 1.34. The Morgan fingerprint density at radius 1 is 0.722 bits per heavy atom. The lowest BCUT2D eigenvalue weighted by Gasteiger charge is -2.13. The second-order valence-corrected chi connectivity index (χ2v) is 8.04. The zero-order valence-corrected chi connectivity index (χ0v) is 20.1. The van der Waals surface area contributed by atoms with Crippen LogP contribution in [0.3, 0.4) is 0 Å². The van der Waals surface area contributed by atoms with Gasteiger partial charge in [0.15, 0.2) is 11.5 Å². The molecule has 0 aliphatic heterocycles. The molecule has 0 radical (unpaired) electrons. The summed E-state index contributed by atoms with van der Waals surface area (Å²) in [5.41, 5.74) is 6.28. The highest BCUT2D eigenvalue weighted by molar-refractivity contribution is 5.85. The molecule has 1 amide bonds. The fourth-order valence-electron chi connectivity index (χ4n) is 3.53. The van der Waals surface area contributed by atoms with Crippen LogP contribution in [-0.4, -0.2) is 19.2 Å². The van der Waals surface area contributed by atoms with Crippen LogP contribution in [0.2, 0.25) is 0 Å². The number of carbonyl (C=O) groups is 1. The normalized spacial score (nSPS) is 10.7. The number of hydrogen-bond donors (Lipinski definition) is 1. The summed E-state index contributed by atoms with van der Waals surface area (Å²) < 4.78 is 17.5. The minimum atomic E-state index is -0.183. The fraction of sp³-hybridized carbons (Fsp3) is 0.133. The molecule has 0 heterocycles. The molecule has 4 aromatic rings. The Morgan fingerprint density at radius 2 is 1.36 bits per heavy atom. The van der Waals surface area contributed by atoms with E-state index in [1.807, 2.05) is 103 Å². The summed E-state index contributed by atoms with van der Waals surface area (Å²) in [6.07, 6.45) is 1.85. The maximum absolute atomic E-state index is 12.1. The highest BCUT2D eigenvalue weighted by Gasteiger charge is 2.08. The molecule has 0 spiro atoms. The molecule has 0 bridgehead atoms. The molecule has 0 aliphatic carbocycles. The quantitative estimate of drug-likeness (QED) is 0.226. The van der Waals surface area contributed by atoms with Gasteiger partial charge in [-0.25, -0.2) is 5.43 Å². The zero-order valence-electron chi connectivity index (χ0n) is 20.1. The van der Waals surface area contributed by atoms with Crippen molar-refractivity contribution in [1.82, 2.24) is 5.43 Å². The van der Waals surface area contributed by atoms with Crippen LogP contribution in [0, 0.1) is 0 Å². The number of hydrazone groups is 1. The monoisotopic (exact) mass is 480 g/mol. The van der Waals surface area contributed by atoms with E-state index in [1.54, 1.807) is 13.3 Å². The van der Waals surface area contributed by atoms with E-state index in [4.69, 9.17) is 14.2 Å². The third-order valence-corrected chi connectivity index (χ3v) is 5.38. The summed E-state index contributed by atoms with van der Waals surface area (Å²) in [7, 11) is 1.62. The minimum Gasteiger partial charge on any atom is -0.493 e. The van der Waals surface area contributed by atoms with Gasteiger partial charge in [-0.15, -0.1) is 0 Å². The van der Waals surface area contributed by atoms with Gasteiger partial charge in [0.2, 0.25) is 5.91 Å². The maximum Gasteiger partial charge on any atom is 0.244 e. The van der Waals surface area contributed by atoms with Crippen LogP contribution in [0.25, 0.3) is 0 Å². The van der Waals surface area contributed by atoms with Crippen molar-refractivity contribution < 1.29 is 19.0 Å². The van der Waals surface area contributed by atoms with Gasteiger partial charge in [0.05, 0.1) is 19.7 Å². The third kappa shape index (κ3) is 7.21. The number of nitrogens with zero attached hydrogens (tertiary/aromatic N) is 1. The molecule has 0 saturated heterocycles. The van der Waals surface area contributed by atoms with E-state index in [9.17, 15) is 4.79 Å². The molecule has 6 nitrogen and oxygen atoms in total. The molecule has 6 heteroatoms. The average molecular weight is 481 g/mol. The van der Waals surface area contributed by atoms with Crippen molar-refractivity contribution in [3.63, 3.8) is 0 Å². The van der Waals surface area contributed by atoms with Crippen LogP contribution in [0.15, 0.2) is 108 Å². The summed E-state index contributed by atoms with van der Waals surface area (Å²) in [4.78, 5) is 12.1. The maximum atomic E-state index is 12.1. The summed E-state index contributed by atoms with van der Waals surface area (Å²) in [6.45, 7) is 0.794. The van der Waals surface area contributed by atoms with Crippen LogP contribution in [0.5, 0.6) is 17.2 Å². The average Bonchev–Trinajstić information content (AvgIpc) is 2.92. The van der Waals surface area contributed by atoms with Gasteiger partial charge in [0.1, 0.15) is 19.0 Å². The van der Waals surface area contributed by atoms with Crippen molar-refractivity contribution in [3.8, 4) is 17.2 Å². The number of methoxy groups -OCH3 is 1. The summed E-state index contributed by atoms with van der Waals surface area (Å²) in [5, 5.41) is 4.10. The van der Waals surface area contributed by atoms with E-state index < -0.39 is 0 Å². The Labute approximate surface area is 211 Å². The van der Waals surface area contributed by atoms with Crippen molar-refractivity contribution in [1.29, 1.82) is 0 Å². The lowest BCUT2D eigenvalue weighted by Crippen LogP contribution is -2.19.